The molecule has 0 atom stereocenters. The first kappa shape index (κ1) is 16.5. The fraction of sp³-hybridized carbons (Fsp3) is 0.167. The number of pyridine rings is 2. The van der Waals surface area contributed by atoms with Crippen molar-refractivity contribution in [2.24, 2.45) is 5.10 Å². The second-order valence-corrected chi connectivity index (χ2v) is 5.55. The zero-order chi connectivity index (χ0) is 17.8. The van der Waals surface area contributed by atoms with E-state index >= 15 is 0 Å². The van der Waals surface area contributed by atoms with Crippen molar-refractivity contribution in [1.29, 1.82) is 0 Å². The van der Waals surface area contributed by atoms with E-state index in [1.165, 1.54) is 0 Å². The largest absolute Gasteiger partial charge is 0.361 e. The fourth-order valence-corrected chi connectivity index (χ4v) is 2.23. The molecule has 3 aromatic heterocycles. The molecule has 0 saturated heterocycles. The van der Waals surface area contributed by atoms with Crippen molar-refractivity contribution in [3.05, 3.63) is 76.7 Å². The molecule has 0 bridgehead atoms. The first-order chi connectivity index (χ1) is 12.0. The molecule has 0 unspecified atom stereocenters. The molecule has 0 fully saturated rings. The molecule has 1 N–H and O–H groups in total. The second kappa shape index (κ2) is 7.04. The molecular formula is C18H17N5O2. The second-order valence-electron chi connectivity index (χ2n) is 5.55. The van der Waals surface area contributed by atoms with Gasteiger partial charge in [-0.3, -0.25) is 14.8 Å². The molecule has 0 aromatic carbocycles. The third kappa shape index (κ3) is 3.95. The Labute approximate surface area is 144 Å². The van der Waals surface area contributed by atoms with Gasteiger partial charge in [-0.1, -0.05) is 17.3 Å². The highest BCUT2D eigenvalue weighted by atomic mass is 16.5. The van der Waals surface area contributed by atoms with E-state index in [1.807, 2.05) is 50.2 Å². The van der Waals surface area contributed by atoms with Crippen LogP contribution in [0.2, 0.25) is 0 Å². The van der Waals surface area contributed by atoms with E-state index in [1.54, 1.807) is 13.0 Å². The van der Waals surface area contributed by atoms with Crippen LogP contribution < -0.4 is 5.43 Å². The minimum Gasteiger partial charge on any atom is -0.361 e. The summed E-state index contributed by atoms with van der Waals surface area (Å²) in [5, 5.41) is 7.92. The van der Waals surface area contributed by atoms with E-state index in [2.05, 4.69) is 25.7 Å². The van der Waals surface area contributed by atoms with Gasteiger partial charge < -0.3 is 4.52 Å². The zero-order valence-corrected chi connectivity index (χ0v) is 14.1. The van der Waals surface area contributed by atoms with Crippen molar-refractivity contribution in [2.45, 2.75) is 20.8 Å². The third-order valence-electron chi connectivity index (χ3n) is 3.39. The number of nitrogens with one attached hydrogen (secondary N) is 1. The Bertz CT molecular complexity index is 898. The molecule has 3 heterocycles. The van der Waals surface area contributed by atoms with Crippen molar-refractivity contribution in [3.8, 4) is 0 Å². The van der Waals surface area contributed by atoms with Crippen LogP contribution in [-0.2, 0) is 0 Å². The molecule has 0 radical (unpaired) electrons. The number of nitrogens with zero attached hydrogens (tertiary/aromatic N) is 4. The van der Waals surface area contributed by atoms with Crippen LogP contribution in [0.1, 0.15) is 39.0 Å². The molecule has 0 aliphatic heterocycles. The molecule has 3 aromatic rings. The van der Waals surface area contributed by atoms with E-state index in [0.717, 1.165) is 11.4 Å². The van der Waals surface area contributed by atoms with Gasteiger partial charge >= 0.3 is 0 Å². The Kier molecular flexibility index (Phi) is 4.65. The topological polar surface area (TPSA) is 93.3 Å². The molecule has 0 spiro atoms. The third-order valence-corrected chi connectivity index (χ3v) is 3.39. The summed E-state index contributed by atoms with van der Waals surface area (Å²) in [7, 11) is 0. The molecule has 0 aliphatic carbocycles. The van der Waals surface area contributed by atoms with Gasteiger partial charge in [-0.25, -0.2) is 5.43 Å². The van der Waals surface area contributed by atoms with Crippen LogP contribution in [0.5, 0.6) is 0 Å². The molecule has 7 heteroatoms. The van der Waals surface area contributed by atoms with E-state index in [0.29, 0.717) is 22.9 Å². The maximum Gasteiger partial charge on any atom is 0.293 e. The SMILES string of the molecule is Cc1cccc(C(=NNC(=O)c2cc(C)on2)c2cccc(C)n2)n1. The molecule has 126 valence electrons. The molecule has 0 saturated carbocycles. The van der Waals surface area contributed by atoms with Gasteiger partial charge in [0.25, 0.3) is 5.91 Å². The summed E-state index contributed by atoms with van der Waals surface area (Å²) in [6.07, 6.45) is 0. The van der Waals surface area contributed by atoms with Crippen molar-refractivity contribution in [1.82, 2.24) is 20.6 Å². The molecule has 0 aliphatic rings. The monoisotopic (exact) mass is 335 g/mol. The number of rotatable bonds is 4. The highest BCUT2D eigenvalue weighted by molar-refractivity contribution is 6.11. The highest BCUT2D eigenvalue weighted by Gasteiger charge is 2.14. The summed E-state index contributed by atoms with van der Waals surface area (Å²) in [6, 6.07) is 12.7. The molecule has 7 nitrogen and oxygen atoms in total. The Hall–Kier alpha value is -3.35. The van der Waals surface area contributed by atoms with Gasteiger partial charge in [-0.05, 0) is 45.0 Å². The van der Waals surface area contributed by atoms with Crippen LogP contribution >= 0.6 is 0 Å². The number of hydrazone groups is 1. The van der Waals surface area contributed by atoms with E-state index in [-0.39, 0.29) is 5.69 Å². The van der Waals surface area contributed by atoms with Crippen molar-refractivity contribution in [3.63, 3.8) is 0 Å². The van der Waals surface area contributed by atoms with E-state index < -0.39 is 5.91 Å². The average Bonchev–Trinajstić information content (AvgIpc) is 3.02. The smallest absolute Gasteiger partial charge is 0.293 e. The normalized spacial score (nSPS) is 10.4. The number of carbonyl (C=O) groups is 1. The van der Waals surface area contributed by atoms with Crippen molar-refractivity contribution in [2.75, 3.05) is 0 Å². The lowest BCUT2D eigenvalue weighted by atomic mass is 10.1. The van der Waals surface area contributed by atoms with E-state index in [4.69, 9.17) is 4.52 Å². The molecule has 25 heavy (non-hydrogen) atoms. The van der Waals surface area contributed by atoms with Crippen molar-refractivity contribution < 1.29 is 9.32 Å². The van der Waals surface area contributed by atoms with Crippen LogP contribution in [-0.4, -0.2) is 26.7 Å². The van der Waals surface area contributed by atoms with Crippen LogP contribution in [0.25, 0.3) is 0 Å². The van der Waals surface area contributed by atoms with E-state index in [9.17, 15) is 4.79 Å². The van der Waals surface area contributed by atoms with Gasteiger partial charge in [0.15, 0.2) is 5.69 Å². The van der Waals surface area contributed by atoms with Crippen LogP contribution in [0.4, 0.5) is 0 Å². The summed E-state index contributed by atoms with van der Waals surface area (Å²) in [4.78, 5) is 21.1. The van der Waals surface area contributed by atoms with Crippen LogP contribution in [0.15, 0.2) is 52.1 Å². The Balaban J connectivity index is 1.97. The first-order valence-electron chi connectivity index (χ1n) is 7.72. The lowest BCUT2D eigenvalue weighted by Crippen LogP contribution is -2.22. The quantitative estimate of drug-likeness (QED) is 0.584. The summed E-state index contributed by atoms with van der Waals surface area (Å²) < 4.78 is 4.91. The fourth-order valence-electron chi connectivity index (χ4n) is 2.23. The Morgan fingerprint density at radius 3 is 2.04 bits per heavy atom. The average molecular weight is 335 g/mol. The minimum atomic E-state index is -0.463. The Morgan fingerprint density at radius 1 is 0.960 bits per heavy atom. The first-order valence-corrected chi connectivity index (χ1v) is 7.72. The van der Waals surface area contributed by atoms with Gasteiger partial charge in [0, 0.05) is 17.5 Å². The number of aryl methyl sites for hydroxylation is 3. The predicted octanol–water partition coefficient (Wildman–Crippen LogP) is 2.57. The lowest BCUT2D eigenvalue weighted by molar-refractivity contribution is 0.0946. The van der Waals surface area contributed by atoms with Crippen LogP contribution in [0.3, 0.4) is 0 Å². The Morgan fingerprint density at radius 2 is 1.56 bits per heavy atom. The van der Waals surface area contributed by atoms with Gasteiger partial charge in [-0.15, -0.1) is 0 Å². The minimum absolute atomic E-state index is 0.162. The number of hydrogen-bond donors (Lipinski definition) is 1. The van der Waals surface area contributed by atoms with Crippen LogP contribution in [0, 0.1) is 20.8 Å². The van der Waals surface area contributed by atoms with Crippen molar-refractivity contribution >= 4 is 11.6 Å². The number of hydrogen-bond acceptors (Lipinski definition) is 6. The van der Waals surface area contributed by atoms with Gasteiger partial charge in [0.1, 0.15) is 11.5 Å². The summed E-state index contributed by atoms with van der Waals surface area (Å²) in [6.45, 7) is 5.49. The van der Waals surface area contributed by atoms with Gasteiger partial charge in [0.2, 0.25) is 0 Å². The summed E-state index contributed by atoms with van der Waals surface area (Å²) in [5.41, 5.74) is 6.06. The molecule has 1 amide bonds. The predicted molar refractivity (Wildman–Crippen MR) is 92.3 cm³/mol. The maximum absolute atomic E-state index is 12.2. The number of carbonyl (C=O) groups excluding carboxylic acids is 1. The zero-order valence-electron chi connectivity index (χ0n) is 14.1. The summed E-state index contributed by atoms with van der Waals surface area (Å²) >= 11 is 0. The number of amides is 1. The molecular weight excluding hydrogens is 318 g/mol. The maximum atomic E-state index is 12.2. The summed E-state index contributed by atoms with van der Waals surface area (Å²) in [5.74, 6) is 0.0877. The lowest BCUT2D eigenvalue weighted by Gasteiger charge is -2.07. The highest BCUT2D eigenvalue weighted by Crippen LogP contribution is 2.09. The van der Waals surface area contributed by atoms with Gasteiger partial charge in [0.05, 0.1) is 11.4 Å². The molecule has 3 rings (SSSR count). The standard InChI is InChI=1S/C18H17N5O2/c1-11-6-4-8-14(19-11)17(15-9-5-7-12(2)20-15)21-22-18(24)16-10-13(3)25-23-16/h4-10H,1-3H3,(H,22,24). The number of aromatic nitrogens is 3. The van der Waals surface area contributed by atoms with Gasteiger partial charge in [-0.2, -0.15) is 5.10 Å².